The summed E-state index contributed by atoms with van der Waals surface area (Å²) in [6.45, 7) is 8.56. The highest BCUT2D eigenvalue weighted by Gasteiger charge is 2.40. The van der Waals surface area contributed by atoms with Gasteiger partial charge in [0, 0.05) is 13.1 Å². The van der Waals surface area contributed by atoms with Crippen molar-refractivity contribution >= 4 is 24.4 Å². The minimum Gasteiger partial charge on any atom is -0.467 e. The molecule has 1 saturated heterocycles. The normalized spacial score (nSPS) is 16.3. The Morgan fingerprint density at radius 2 is 1.88 bits per heavy atom. The smallest absolute Gasteiger partial charge is 0.411 e. The number of aryl methyl sites for hydroxylation is 1. The molecule has 1 aliphatic rings. The molecule has 10 heteroatoms. The van der Waals surface area contributed by atoms with Crippen LogP contribution >= 0.6 is 0 Å². The molecule has 33 heavy (non-hydrogen) atoms. The van der Waals surface area contributed by atoms with E-state index in [2.05, 4.69) is 5.10 Å². The highest BCUT2D eigenvalue weighted by Crippen LogP contribution is 2.34. The van der Waals surface area contributed by atoms with E-state index in [-0.39, 0.29) is 13.1 Å². The fraction of sp³-hybridized carbons (Fsp3) is 0.478. The molecule has 0 spiro atoms. The molecule has 0 radical (unpaired) electrons. The minimum absolute atomic E-state index is 0.126. The summed E-state index contributed by atoms with van der Waals surface area (Å²) in [7, 11) is 1.28. The van der Waals surface area contributed by atoms with Gasteiger partial charge in [0.05, 0.1) is 20.2 Å². The van der Waals surface area contributed by atoms with Crippen LogP contribution in [0.1, 0.15) is 32.0 Å². The van der Waals surface area contributed by atoms with Crippen molar-refractivity contribution in [2.45, 2.75) is 45.9 Å². The van der Waals surface area contributed by atoms with Crippen LogP contribution in [0.3, 0.4) is 0 Å². The average molecular weight is 459 g/mol. The standard InChI is InChI=1S/C23H30N4O6/c1-16-19(32-15-28)20(27(24-16)13-17-9-7-6-8-10-17)25-11-12-26(18(14-25)21(29)31-5)22(30)33-23(2,3)4/h6-10,15,18H,11-14H2,1-5H3/t18-/m0/s1. The molecule has 2 aromatic rings. The van der Waals surface area contributed by atoms with E-state index in [0.29, 0.717) is 36.8 Å². The van der Waals surface area contributed by atoms with Gasteiger partial charge in [-0.2, -0.15) is 5.10 Å². The molecule has 0 saturated carbocycles. The Hall–Kier alpha value is -3.56. The van der Waals surface area contributed by atoms with E-state index in [4.69, 9.17) is 14.2 Å². The molecule has 0 aliphatic carbocycles. The third-order valence-electron chi connectivity index (χ3n) is 5.17. The molecule has 1 aromatic heterocycles. The largest absolute Gasteiger partial charge is 0.467 e. The summed E-state index contributed by atoms with van der Waals surface area (Å²) in [5, 5.41) is 4.56. The number of benzene rings is 1. The summed E-state index contributed by atoms with van der Waals surface area (Å²) in [6.07, 6.45) is -0.587. The second-order valence-corrected chi connectivity index (χ2v) is 8.75. The van der Waals surface area contributed by atoms with Crippen LogP contribution < -0.4 is 9.64 Å². The maximum atomic E-state index is 12.8. The molecule has 1 aromatic carbocycles. The SMILES string of the molecule is COC(=O)[C@@H]1CN(c2c(OC=O)c(C)nn2Cc2ccccc2)CCN1C(=O)OC(C)(C)C. The molecule has 2 heterocycles. The Labute approximate surface area is 193 Å². The van der Waals surface area contributed by atoms with Crippen molar-refractivity contribution in [3.8, 4) is 5.75 Å². The quantitative estimate of drug-likeness (QED) is 0.480. The van der Waals surface area contributed by atoms with E-state index in [1.807, 2.05) is 35.2 Å². The van der Waals surface area contributed by atoms with Crippen LogP contribution in [0.15, 0.2) is 30.3 Å². The molecule has 178 valence electrons. The van der Waals surface area contributed by atoms with Crippen molar-refractivity contribution < 1.29 is 28.6 Å². The van der Waals surface area contributed by atoms with Gasteiger partial charge < -0.3 is 19.1 Å². The van der Waals surface area contributed by atoms with E-state index in [1.54, 1.807) is 32.4 Å². The number of esters is 1. The second kappa shape index (κ2) is 9.93. The van der Waals surface area contributed by atoms with Crippen LogP contribution in [0.25, 0.3) is 0 Å². The fourth-order valence-electron chi connectivity index (χ4n) is 3.76. The van der Waals surface area contributed by atoms with Gasteiger partial charge in [0.1, 0.15) is 11.3 Å². The third-order valence-corrected chi connectivity index (χ3v) is 5.17. The van der Waals surface area contributed by atoms with Crippen molar-refractivity contribution in [1.82, 2.24) is 14.7 Å². The summed E-state index contributed by atoms with van der Waals surface area (Å²) < 4.78 is 17.5. The molecular formula is C23H30N4O6. The number of hydrogen-bond donors (Lipinski definition) is 0. The van der Waals surface area contributed by atoms with Crippen LogP contribution in [0.4, 0.5) is 10.6 Å². The Morgan fingerprint density at radius 1 is 1.18 bits per heavy atom. The van der Waals surface area contributed by atoms with Crippen LogP contribution in [0.5, 0.6) is 5.75 Å². The molecule has 1 aliphatic heterocycles. The number of hydrogen-bond acceptors (Lipinski definition) is 8. The molecule has 3 rings (SSSR count). The number of anilines is 1. The Kier molecular flexibility index (Phi) is 7.25. The molecule has 1 amide bonds. The van der Waals surface area contributed by atoms with Gasteiger partial charge in [0.2, 0.25) is 0 Å². The second-order valence-electron chi connectivity index (χ2n) is 8.75. The first kappa shape index (κ1) is 24.1. The summed E-state index contributed by atoms with van der Waals surface area (Å²) in [5.41, 5.74) is 0.846. The summed E-state index contributed by atoms with van der Waals surface area (Å²) in [5.74, 6) is 0.311. The highest BCUT2D eigenvalue weighted by molar-refractivity contribution is 5.83. The third kappa shape index (κ3) is 5.63. The van der Waals surface area contributed by atoms with Gasteiger partial charge in [-0.15, -0.1) is 0 Å². The van der Waals surface area contributed by atoms with Crippen molar-refractivity contribution in [3.05, 3.63) is 41.6 Å². The highest BCUT2D eigenvalue weighted by atomic mass is 16.6. The first-order valence-corrected chi connectivity index (χ1v) is 10.7. The fourth-order valence-corrected chi connectivity index (χ4v) is 3.76. The Morgan fingerprint density at radius 3 is 2.48 bits per heavy atom. The minimum atomic E-state index is -0.900. The first-order valence-electron chi connectivity index (χ1n) is 10.7. The molecular weight excluding hydrogens is 428 g/mol. The van der Waals surface area contributed by atoms with Gasteiger partial charge in [-0.25, -0.2) is 14.3 Å². The van der Waals surface area contributed by atoms with Gasteiger partial charge >= 0.3 is 12.1 Å². The lowest BCUT2D eigenvalue weighted by molar-refractivity contribution is -0.147. The number of ether oxygens (including phenoxy) is 3. The zero-order chi connectivity index (χ0) is 24.2. The maximum absolute atomic E-state index is 12.8. The first-order chi connectivity index (χ1) is 15.6. The van der Waals surface area contributed by atoms with E-state index in [0.717, 1.165) is 5.56 Å². The van der Waals surface area contributed by atoms with Crippen molar-refractivity contribution in [3.63, 3.8) is 0 Å². The lowest BCUT2D eigenvalue weighted by Crippen LogP contribution is -2.59. The molecule has 0 unspecified atom stereocenters. The molecule has 1 fully saturated rings. The zero-order valence-corrected chi connectivity index (χ0v) is 19.6. The van der Waals surface area contributed by atoms with Crippen LogP contribution in [0.2, 0.25) is 0 Å². The Bertz CT molecular complexity index is 998. The molecule has 0 N–H and O–H groups in total. The number of amides is 1. The Balaban J connectivity index is 1.94. The number of aromatic nitrogens is 2. The number of rotatable bonds is 6. The predicted molar refractivity (Wildman–Crippen MR) is 120 cm³/mol. The topological polar surface area (TPSA) is 103 Å². The van der Waals surface area contributed by atoms with Crippen LogP contribution in [-0.4, -0.2) is 71.6 Å². The zero-order valence-electron chi connectivity index (χ0n) is 19.6. The number of piperazine rings is 1. The van der Waals surface area contributed by atoms with Crippen molar-refractivity contribution in [1.29, 1.82) is 0 Å². The van der Waals surface area contributed by atoms with Crippen LogP contribution in [0, 0.1) is 6.92 Å². The van der Waals surface area contributed by atoms with Crippen LogP contribution in [-0.2, 0) is 25.6 Å². The maximum Gasteiger partial charge on any atom is 0.411 e. The molecule has 10 nitrogen and oxygen atoms in total. The van der Waals surface area contributed by atoms with Gasteiger partial charge in [-0.1, -0.05) is 30.3 Å². The monoisotopic (exact) mass is 458 g/mol. The number of methoxy groups -OCH3 is 1. The predicted octanol–water partition coefficient (Wildman–Crippen LogP) is 2.37. The molecule has 1 atom stereocenters. The lowest BCUT2D eigenvalue weighted by Gasteiger charge is -2.41. The number of carbonyl (C=O) groups is 3. The van der Waals surface area contributed by atoms with Gasteiger partial charge in [-0.3, -0.25) is 9.69 Å². The summed E-state index contributed by atoms with van der Waals surface area (Å²) >= 11 is 0. The van der Waals surface area contributed by atoms with Crippen molar-refractivity contribution in [2.75, 3.05) is 31.6 Å². The molecule has 0 bridgehead atoms. The average Bonchev–Trinajstić information content (AvgIpc) is 3.07. The number of carbonyl (C=O) groups excluding carboxylic acids is 3. The van der Waals surface area contributed by atoms with E-state index >= 15 is 0 Å². The van der Waals surface area contributed by atoms with Gasteiger partial charge in [-0.05, 0) is 33.3 Å². The van der Waals surface area contributed by atoms with Gasteiger partial charge in [0.15, 0.2) is 17.6 Å². The summed E-state index contributed by atoms with van der Waals surface area (Å²) in [6, 6.07) is 8.83. The van der Waals surface area contributed by atoms with E-state index < -0.39 is 23.7 Å². The van der Waals surface area contributed by atoms with E-state index in [1.165, 1.54) is 12.0 Å². The summed E-state index contributed by atoms with van der Waals surface area (Å²) in [4.78, 5) is 39.8. The van der Waals surface area contributed by atoms with E-state index in [9.17, 15) is 14.4 Å². The number of nitrogens with zero attached hydrogens (tertiary/aromatic N) is 4. The lowest BCUT2D eigenvalue weighted by atomic mass is 10.1. The van der Waals surface area contributed by atoms with Gasteiger partial charge in [0.25, 0.3) is 6.47 Å². The van der Waals surface area contributed by atoms with Crippen molar-refractivity contribution in [2.24, 2.45) is 0 Å².